The second-order valence-corrected chi connectivity index (χ2v) is 8.70. The Labute approximate surface area is 111 Å². The van der Waals surface area contributed by atoms with Crippen molar-refractivity contribution >= 4 is 10.0 Å². The molecule has 0 aromatic rings. The van der Waals surface area contributed by atoms with Gasteiger partial charge in [0.2, 0.25) is 10.0 Å². The van der Waals surface area contributed by atoms with Gasteiger partial charge in [0, 0.05) is 0 Å². The summed E-state index contributed by atoms with van der Waals surface area (Å²) < 4.78 is 26.1. The molecule has 1 aliphatic rings. The molecule has 0 amide bonds. The third-order valence-electron chi connectivity index (χ3n) is 3.89. The number of hydrogen-bond acceptors (Lipinski definition) is 3. The van der Waals surface area contributed by atoms with Crippen LogP contribution in [0.4, 0.5) is 0 Å². The normalized spacial score (nSPS) is 29.8. The van der Waals surface area contributed by atoms with E-state index in [1.54, 1.807) is 20.8 Å². The Morgan fingerprint density at radius 1 is 1.33 bits per heavy atom. The molecule has 0 radical (unpaired) electrons. The quantitative estimate of drug-likeness (QED) is 0.858. The summed E-state index contributed by atoms with van der Waals surface area (Å²) in [5.74, 6) is 0.630. The van der Waals surface area contributed by atoms with E-state index in [0.717, 1.165) is 19.3 Å². The van der Waals surface area contributed by atoms with Gasteiger partial charge in [-0.25, -0.2) is 8.42 Å². The minimum atomic E-state index is -3.46. The minimum absolute atomic E-state index is 0.622. The van der Waals surface area contributed by atoms with Gasteiger partial charge in [-0.05, 0) is 52.4 Å². The smallest absolute Gasteiger partial charge is 0.212 e. The lowest BCUT2D eigenvalue weighted by Gasteiger charge is -2.36. The van der Waals surface area contributed by atoms with Gasteiger partial charge in [0.05, 0.1) is 10.8 Å². The zero-order valence-corrected chi connectivity index (χ0v) is 12.6. The SMILES string of the molecule is CCC1CCC(C#N)(NS(=O)(=O)C(C)(C)C)CC1. The van der Waals surface area contributed by atoms with E-state index in [9.17, 15) is 13.7 Å². The van der Waals surface area contributed by atoms with Gasteiger partial charge < -0.3 is 0 Å². The molecule has 1 aliphatic carbocycles. The van der Waals surface area contributed by atoms with Gasteiger partial charge in [-0.15, -0.1) is 0 Å². The van der Waals surface area contributed by atoms with Gasteiger partial charge in [0.1, 0.15) is 5.54 Å². The first-order valence-corrected chi connectivity index (χ1v) is 8.09. The second-order valence-electron chi connectivity index (χ2n) is 6.26. The van der Waals surface area contributed by atoms with E-state index in [1.807, 2.05) is 0 Å². The van der Waals surface area contributed by atoms with Gasteiger partial charge in [0.25, 0.3) is 0 Å². The van der Waals surface area contributed by atoms with Crippen molar-refractivity contribution in [3.8, 4) is 6.07 Å². The van der Waals surface area contributed by atoms with Crippen LogP contribution in [0.15, 0.2) is 0 Å². The molecule has 1 fully saturated rings. The molecule has 0 bridgehead atoms. The maximum absolute atomic E-state index is 12.2. The lowest BCUT2D eigenvalue weighted by molar-refractivity contribution is 0.258. The van der Waals surface area contributed by atoms with Crippen LogP contribution in [-0.2, 0) is 10.0 Å². The van der Waals surface area contributed by atoms with Gasteiger partial charge in [0.15, 0.2) is 0 Å². The molecule has 1 N–H and O–H groups in total. The third kappa shape index (κ3) is 3.24. The lowest BCUT2D eigenvalue weighted by atomic mass is 9.77. The molecule has 1 rings (SSSR count). The molecule has 0 aliphatic heterocycles. The van der Waals surface area contributed by atoms with E-state index in [2.05, 4.69) is 17.7 Å². The number of rotatable bonds is 3. The molecule has 0 atom stereocenters. The summed E-state index contributed by atoms with van der Waals surface area (Å²) >= 11 is 0. The maximum atomic E-state index is 12.2. The number of nitrogens with zero attached hydrogens (tertiary/aromatic N) is 1. The van der Waals surface area contributed by atoms with Crippen molar-refractivity contribution in [1.82, 2.24) is 4.72 Å². The van der Waals surface area contributed by atoms with Crippen LogP contribution in [0.3, 0.4) is 0 Å². The molecule has 0 heterocycles. The first-order valence-electron chi connectivity index (χ1n) is 6.60. The Morgan fingerprint density at radius 2 is 1.83 bits per heavy atom. The average Bonchev–Trinajstić information content (AvgIpc) is 2.28. The molecular formula is C13H24N2O2S. The van der Waals surface area contributed by atoms with E-state index in [-0.39, 0.29) is 0 Å². The highest BCUT2D eigenvalue weighted by atomic mass is 32.2. The minimum Gasteiger partial charge on any atom is -0.212 e. The van der Waals surface area contributed by atoms with Crippen molar-refractivity contribution in [1.29, 1.82) is 5.26 Å². The predicted octanol–water partition coefficient (Wildman–Crippen LogP) is 2.57. The molecule has 0 saturated heterocycles. The summed E-state index contributed by atoms with van der Waals surface area (Å²) in [4.78, 5) is 0. The van der Waals surface area contributed by atoms with E-state index >= 15 is 0 Å². The fourth-order valence-corrected chi connectivity index (χ4v) is 3.30. The van der Waals surface area contributed by atoms with Crippen LogP contribution < -0.4 is 4.72 Å². The van der Waals surface area contributed by atoms with Crippen molar-refractivity contribution in [3.05, 3.63) is 0 Å². The molecule has 0 unspecified atom stereocenters. The van der Waals surface area contributed by atoms with Gasteiger partial charge in [-0.3, -0.25) is 0 Å². The van der Waals surface area contributed by atoms with Gasteiger partial charge in [-0.2, -0.15) is 9.98 Å². The fourth-order valence-electron chi connectivity index (χ4n) is 2.23. The van der Waals surface area contributed by atoms with Crippen LogP contribution >= 0.6 is 0 Å². The van der Waals surface area contributed by atoms with Crippen molar-refractivity contribution < 1.29 is 8.42 Å². The Hall–Kier alpha value is -0.600. The predicted molar refractivity (Wildman–Crippen MR) is 72.4 cm³/mol. The molecule has 1 saturated carbocycles. The van der Waals surface area contributed by atoms with Crippen molar-refractivity contribution in [2.45, 2.75) is 70.1 Å². The summed E-state index contributed by atoms with van der Waals surface area (Å²) in [6, 6.07) is 2.20. The highest BCUT2D eigenvalue weighted by Crippen LogP contribution is 2.34. The van der Waals surface area contributed by atoms with Crippen LogP contribution in [0.5, 0.6) is 0 Å². The zero-order valence-electron chi connectivity index (χ0n) is 11.8. The Morgan fingerprint density at radius 3 is 2.17 bits per heavy atom. The summed E-state index contributed by atoms with van der Waals surface area (Å²) in [5, 5.41) is 9.35. The van der Waals surface area contributed by atoms with Gasteiger partial charge >= 0.3 is 0 Å². The van der Waals surface area contributed by atoms with Gasteiger partial charge in [-0.1, -0.05) is 13.3 Å². The number of nitrogens with one attached hydrogen (secondary N) is 1. The number of hydrogen-bond donors (Lipinski definition) is 1. The molecule has 0 aromatic heterocycles. The Balaban J connectivity index is 2.85. The molecule has 5 heteroatoms. The van der Waals surface area contributed by atoms with E-state index in [4.69, 9.17) is 0 Å². The molecule has 18 heavy (non-hydrogen) atoms. The molecule has 104 valence electrons. The van der Waals surface area contributed by atoms with Crippen LogP contribution in [-0.4, -0.2) is 18.7 Å². The summed E-state index contributed by atoms with van der Waals surface area (Å²) in [6.45, 7) is 7.09. The standard InChI is InChI=1S/C13H24N2O2S/c1-5-11-6-8-13(10-14,9-7-11)15-18(16,17)12(2,3)4/h11,15H,5-9H2,1-4H3. The molecular weight excluding hydrogens is 248 g/mol. The first-order chi connectivity index (χ1) is 8.16. The van der Waals surface area contributed by atoms with Crippen LogP contribution in [0, 0.1) is 17.2 Å². The summed E-state index contributed by atoms with van der Waals surface area (Å²) in [5.41, 5.74) is -0.891. The zero-order chi connectivity index (χ0) is 14.0. The maximum Gasteiger partial charge on any atom is 0.217 e. The monoisotopic (exact) mass is 272 g/mol. The van der Waals surface area contributed by atoms with Crippen molar-refractivity contribution in [2.24, 2.45) is 5.92 Å². The number of nitriles is 1. The van der Waals surface area contributed by atoms with Crippen LogP contribution in [0.1, 0.15) is 59.8 Å². The highest BCUT2D eigenvalue weighted by Gasteiger charge is 2.42. The summed E-state index contributed by atoms with van der Waals surface area (Å²) in [6.07, 6.45) is 4.20. The first kappa shape index (κ1) is 15.5. The lowest BCUT2D eigenvalue weighted by Crippen LogP contribution is -2.54. The van der Waals surface area contributed by atoms with E-state index < -0.39 is 20.3 Å². The molecule has 0 aromatic carbocycles. The molecule has 4 nitrogen and oxygen atoms in total. The van der Waals surface area contributed by atoms with Crippen molar-refractivity contribution in [2.75, 3.05) is 0 Å². The highest BCUT2D eigenvalue weighted by molar-refractivity contribution is 7.90. The van der Waals surface area contributed by atoms with Crippen LogP contribution in [0.25, 0.3) is 0 Å². The van der Waals surface area contributed by atoms with E-state index in [0.29, 0.717) is 18.8 Å². The topological polar surface area (TPSA) is 70.0 Å². The Kier molecular flexibility index (Phi) is 4.45. The average molecular weight is 272 g/mol. The largest absolute Gasteiger partial charge is 0.217 e. The fraction of sp³-hybridized carbons (Fsp3) is 0.923. The number of sulfonamides is 1. The second kappa shape index (κ2) is 5.18. The van der Waals surface area contributed by atoms with Crippen LogP contribution in [0.2, 0.25) is 0 Å². The third-order valence-corrected chi connectivity index (χ3v) is 6.16. The Bertz CT molecular complexity index is 421. The molecule has 0 spiro atoms. The summed E-state index contributed by atoms with van der Waals surface area (Å²) in [7, 11) is -3.46. The van der Waals surface area contributed by atoms with E-state index in [1.165, 1.54) is 0 Å². The van der Waals surface area contributed by atoms with Crippen molar-refractivity contribution in [3.63, 3.8) is 0 Å².